The van der Waals surface area contributed by atoms with E-state index in [1.54, 1.807) is 6.08 Å². The molecule has 2 heteroatoms. The minimum absolute atomic E-state index is 0.0711. The molecule has 2 N–H and O–H groups in total. The summed E-state index contributed by atoms with van der Waals surface area (Å²) in [5, 5.41) is 17.8. The van der Waals surface area contributed by atoms with Crippen LogP contribution in [0.15, 0.2) is 12.2 Å². The highest BCUT2D eigenvalue weighted by Crippen LogP contribution is 2.06. The first-order valence-corrected chi connectivity index (χ1v) is 4.75. The van der Waals surface area contributed by atoms with Crippen LogP contribution in [0.2, 0.25) is 0 Å². The SMILES string of the molecule is CCCCC[C@@H](O)C/C=C\CO. The molecule has 0 aromatic rings. The molecule has 0 aromatic heterocycles. The van der Waals surface area contributed by atoms with Crippen LogP contribution in [0.4, 0.5) is 0 Å². The molecule has 1 atom stereocenters. The van der Waals surface area contributed by atoms with Gasteiger partial charge in [-0.2, -0.15) is 0 Å². The van der Waals surface area contributed by atoms with Crippen molar-refractivity contribution in [1.29, 1.82) is 0 Å². The van der Waals surface area contributed by atoms with Gasteiger partial charge in [-0.25, -0.2) is 0 Å². The average molecular weight is 172 g/mol. The maximum absolute atomic E-state index is 9.37. The van der Waals surface area contributed by atoms with Crippen LogP contribution >= 0.6 is 0 Å². The van der Waals surface area contributed by atoms with Crippen LogP contribution in [-0.2, 0) is 0 Å². The van der Waals surface area contributed by atoms with Crippen LogP contribution in [-0.4, -0.2) is 22.9 Å². The molecule has 0 aliphatic heterocycles. The second kappa shape index (κ2) is 8.75. The summed E-state index contributed by atoms with van der Waals surface area (Å²) in [6.07, 6.45) is 8.32. The predicted octanol–water partition coefficient (Wildman–Crippen LogP) is 1.87. The zero-order chi connectivity index (χ0) is 9.23. The van der Waals surface area contributed by atoms with E-state index in [0.717, 1.165) is 12.8 Å². The number of hydrogen-bond donors (Lipinski definition) is 2. The van der Waals surface area contributed by atoms with Crippen LogP contribution in [0.25, 0.3) is 0 Å². The molecule has 0 radical (unpaired) electrons. The zero-order valence-electron chi connectivity index (χ0n) is 7.87. The van der Waals surface area contributed by atoms with E-state index in [0.29, 0.717) is 6.42 Å². The number of aliphatic hydroxyl groups is 2. The highest BCUT2D eigenvalue weighted by atomic mass is 16.3. The molecule has 0 rings (SSSR count). The molecule has 0 saturated heterocycles. The Bertz CT molecular complexity index is 110. The largest absolute Gasteiger partial charge is 0.393 e. The van der Waals surface area contributed by atoms with Crippen molar-refractivity contribution in [3.8, 4) is 0 Å². The second-order valence-corrected chi connectivity index (χ2v) is 3.04. The van der Waals surface area contributed by atoms with Crippen molar-refractivity contribution in [3.63, 3.8) is 0 Å². The van der Waals surface area contributed by atoms with Gasteiger partial charge in [0.2, 0.25) is 0 Å². The summed E-state index contributed by atoms with van der Waals surface area (Å²) in [6, 6.07) is 0. The first-order chi connectivity index (χ1) is 5.81. The van der Waals surface area contributed by atoms with Crippen molar-refractivity contribution in [2.45, 2.75) is 45.1 Å². The maximum Gasteiger partial charge on any atom is 0.0612 e. The third kappa shape index (κ3) is 7.76. The number of rotatable bonds is 7. The molecular weight excluding hydrogens is 152 g/mol. The Kier molecular flexibility index (Phi) is 8.51. The van der Waals surface area contributed by atoms with Crippen molar-refractivity contribution in [2.75, 3.05) is 6.61 Å². The maximum atomic E-state index is 9.37. The predicted molar refractivity (Wildman–Crippen MR) is 51.0 cm³/mol. The third-order valence-electron chi connectivity index (χ3n) is 1.82. The Hall–Kier alpha value is -0.340. The van der Waals surface area contributed by atoms with E-state index in [1.165, 1.54) is 12.8 Å². The van der Waals surface area contributed by atoms with Gasteiger partial charge < -0.3 is 10.2 Å². The van der Waals surface area contributed by atoms with Crippen molar-refractivity contribution in [2.24, 2.45) is 0 Å². The van der Waals surface area contributed by atoms with E-state index in [-0.39, 0.29) is 12.7 Å². The molecule has 0 heterocycles. The molecule has 0 spiro atoms. The summed E-state index contributed by atoms with van der Waals surface area (Å²) in [6.45, 7) is 2.22. The van der Waals surface area contributed by atoms with Crippen molar-refractivity contribution >= 4 is 0 Å². The van der Waals surface area contributed by atoms with E-state index in [4.69, 9.17) is 5.11 Å². The second-order valence-electron chi connectivity index (χ2n) is 3.04. The minimum atomic E-state index is -0.223. The fraction of sp³-hybridized carbons (Fsp3) is 0.800. The fourth-order valence-electron chi connectivity index (χ4n) is 1.08. The highest BCUT2D eigenvalue weighted by molar-refractivity contribution is 4.83. The van der Waals surface area contributed by atoms with Gasteiger partial charge in [-0.3, -0.25) is 0 Å². The Balaban J connectivity index is 3.21. The molecule has 0 bridgehead atoms. The third-order valence-corrected chi connectivity index (χ3v) is 1.82. The Labute approximate surface area is 74.9 Å². The van der Waals surface area contributed by atoms with Gasteiger partial charge in [0.1, 0.15) is 0 Å². The number of unbranched alkanes of at least 4 members (excludes halogenated alkanes) is 2. The van der Waals surface area contributed by atoms with Crippen LogP contribution in [0.5, 0.6) is 0 Å². The van der Waals surface area contributed by atoms with Gasteiger partial charge >= 0.3 is 0 Å². The van der Waals surface area contributed by atoms with Crippen molar-refractivity contribution in [3.05, 3.63) is 12.2 Å². The Morgan fingerprint density at radius 3 is 2.58 bits per heavy atom. The van der Waals surface area contributed by atoms with Gasteiger partial charge in [0.25, 0.3) is 0 Å². The lowest BCUT2D eigenvalue weighted by atomic mass is 10.1. The van der Waals surface area contributed by atoms with Crippen LogP contribution in [0.1, 0.15) is 39.0 Å². The van der Waals surface area contributed by atoms with Gasteiger partial charge in [0, 0.05) is 0 Å². The fourth-order valence-corrected chi connectivity index (χ4v) is 1.08. The molecule has 12 heavy (non-hydrogen) atoms. The van der Waals surface area contributed by atoms with Crippen molar-refractivity contribution < 1.29 is 10.2 Å². The summed E-state index contributed by atoms with van der Waals surface area (Å²) in [7, 11) is 0. The normalized spacial score (nSPS) is 13.9. The quantitative estimate of drug-likeness (QED) is 0.454. The number of aliphatic hydroxyl groups excluding tert-OH is 2. The van der Waals surface area contributed by atoms with E-state index < -0.39 is 0 Å². The molecule has 2 nitrogen and oxygen atoms in total. The first-order valence-electron chi connectivity index (χ1n) is 4.75. The van der Waals surface area contributed by atoms with Gasteiger partial charge in [-0.05, 0) is 12.8 Å². The number of hydrogen-bond acceptors (Lipinski definition) is 2. The lowest BCUT2D eigenvalue weighted by Gasteiger charge is -2.06. The van der Waals surface area contributed by atoms with Gasteiger partial charge in [-0.1, -0.05) is 38.3 Å². The van der Waals surface area contributed by atoms with Gasteiger partial charge in [-0.15, -0.1) is 0 Å². The zero-order valence-corrected chi connectivity index (χ0v) is 7.87. The minimum Gasteiger partial charge on any atom is -0.393 e. The molecule has 72 valence electrons. The summed E-state index contributed by atoms with van der Waals surface area (Å²) >= 11 is 0. The van der Waals surface area contributed by atoms with E-state index in [9.17, 15) is 5.11 Å². The Morgan fingerprint density at radius 1 is 1.25 bits per heavy atom. The topological polar surface area (TPSA) is 40.5 Å². The molecule has 0 aromatic carbocycles. The van der Waals surface area contributed by atoms with E-state index >= 15 is 0 Å². The summed E-state index contributed by atoms with van der Waals surface area (Å²) in [5.74, 6) is 0. The molecule has 0 unspecified atom stereocenters. The van der Waals surface area contributed by atoms with Crippen molar-refractivity contribution in [1.82, 2.24) is 0 Å². The highest BCUT2D eigenvalue weighted by Gasteiger charge is 1.99. The molecule has 0 amide bonds. The van der Waals surface area contributed by atoms with Crippen LogP contribution in [0.3, 0.4) is 0 Å². The molecular formula is C10H20O2. The standard InChI is InChI=1S/C10H20O2/c1-2-3-4-7-10(12)8-5-6-9-11/h5-6,10-12H,2-4,7-9H2,1H3/b6-5-/t10-/m1/s1. The summed E-state index contributed by atoms with van der Waals surface area (Å²) in [5.41, 5.74) is 0. The van der Waals surface area contributed by atoms with Crippen LogP contribution in [0, 0.1) is 0 Å². The summed E-state index contributed by atoms with van der Waals surface area (Å²) < 4.78 is 0. The van der Waals surface area contributed by atoms with Gasteiger partial charge in [0.05, 0.1) is 12.7 Å². The lowest BCUT2D eigenvalue weighted by Crippen LogP contribution is -2.04. The molecule has 0 aliphatic rings. The van der Waals surface area contributed by atoms with E-state index in [1.807, 2.05) is 6.08 Å². The molecule has 0 saturated carbocycles. The molecule has 0 fully saturated rings. The lowest BCUT2D eigenvalue weighted by molar-refractivity contribution is 0.164. The molecule has 0 aliphatic carbocycles. The van der Waals surface area contributed by atoms with E-state index in [2.05, 4.69) is 6.92 Å². The first kappa shape index (κ1) is 11.7. The average Bonchev–Trinajstić information content (AvgIpc) is 2.06. The summed E-state index contributed by atoms with van der Waals surface area (Å²) in [4.78, 5) is 0. The Morgan fingerprint density at radius 2 is 2.00 bits per heavy atom. The van der Waals surface area contributed by atoms with Gasteiger partial charge in [0.15, 0.2) is 0 Å². The smallest absolute Gasteiger partial charge is 0.0612 e. The monoisotopic (exact) mass is 172 g/mol. The van der Waals surface area contributed by atoms with Crippen LogP contribution < -0.4 is 0 Å².